The summed E-state index contributed by atoms with van der Waals surface area (Å²) in [6.07, 6.45) is 2.30. The average molecular weight is 481 g/mol. The van der Waals surface area contributed by atoms with Gasteiger partial charge in [-0.05, 0) is 50.6 Å². The highest BCUT2D eigenvalue weighted by Crippen LogP contribution is 2.28. The molecule has 4 aromatic rings. The van der Waals surface area contributed by atoms with E-state index in [4.69, 9.17) is 11.6 Å². The third-order valence-corrected chi connectivity index (χ3v) is 6.35. The fourth-order valence-electron chi connectivity index (χ4n) is 3.38. The summed E-state index contributed by atoms with van der Waals surface area (Å²) in [5.41, 5.74) is 2.02. The van der Waals surface area contributed by atoms with Crippen LogP contribution < -0.4 is 5.32 Å². The molecule has 7 nitrogen and oxygen atoms in total. The number of hydrogen-bond donors (Lipinski definition) is 1. The lowest BCUT2D eigenvalue weighted by Gasteiger charge is -2.16. The predicted molar refractivity (Wildman–Crippen MR) is 132 cm³/mol. The number of amides is 1. The fraction of sp³-hybridized carbons (Fsp3) is 0.250. The first kappa shape index (κ1) is 23.1. The Hall–Kier alpha value is -3.10. The molecule has 0 saturated carbocycles. The van der Waals surface area contributed by atoms with Crippen LogP contribution >= 0.6 is 23.4 Å². The summed E-state index contributed by atoms with van der Waals surface area (Å²) in [7, 11) is 0. The van der Waals surface area contributed by atoms with Crippen LogP contribution in [0.25, 0.3) is 5.69 Å². The monoisotopic (exact) mass is 480 g/mol. The second kappa shape index (κ2) is 10.2. The molecule has 4 rings (SSSR count). The van der Waals surface area contributed by atoms with E-state index < -0.39 is 5.25 Å². The number of nitrogens with one attached hydrogen (secondary N) is 1. The Bertz CT molecular complexity index is 1220. The van der Waals surface area contributed by atoms with Gasteiger partial charge in [0.15, 0.2) is 5.16 Å². The normalized spacial score (nSPS) is 12.2. The molecule has 2 aromatic carbocycles. The summed E-state index contributed by atoms with van der Waals surface area (Å²) in [5, 5.41) is 17.0. The number of halogens is 1. The highest BCUT2D eigenvalue weighted by molar-refractivity contribution is 8.00. The van der Waals surface area contributed by atoms with E-state index in [0.29, 0.717) is 22.4 Å². The van der Waals surface area contributed by atoms with Crippen LogP contribution in [-0.4, -0.2) is 35.7 Å². The van der Waals surface area contributed by atoms with E-state index in [1.165, 1.54) is 11.8 Å². The lowest BCUT2D eigenvalue weighted by molar-refractivity contribution is -0.115. The molecule has 1 amide bonds. The molecule has 0 bridgehead atoms. The number of hydrogen-bond acceptors (Lipinski definition) is 5. The van der Waals surface area contributed by atoms with E-state index >= 15 is 0 Å². The Labute approximate surface area is 202 Å². The van der Waals surface area contributed by atoms with Gasteiger partial charge in [0.2, 0.25) is 5.91 Å². The van der Waals surface area contributed by atoms with Gasteiger partial charge in [-0.2, -0.15) is 5.10 Å². The highest BCUT2D eigenvalue weighted by Gasteiger charge is 2.22. The number of carbonyl (C=O) groups is 1. The zero-order valence-corrected chi connectivity index (χ0v) is 20.2. The van der Waals surface area contributed by atoms with Gasteiger partial charge in [0, 0.05) is 29.2 Å². The van der Waals surface area contributed by atoms with Gasteiger partial charge in [-0.15, -0.1) is 10.2 Å². The van der Waals surface area contributed by atoms with Gasteiger partial charge in [0.1, 0.15) is 11.6 Å². The molecule has 9 heteroatoms. The largest absolute Gasteiger partial charge is 0.310 e. The minimum atomic E-state index is -0.402. The van der Waals surface area contributed by atoms with Crippen LogP contribution in [0.15, 0.2) is 72.0 Å². The first-order chi connectivity index (χ1) is 15.9. The van der Waals surface area contributed by atoms with Gasteiger partial charge < -0.3 is 5.32 Å². The summed E-state index contributed by atoms with van der Waals surface area (Å²) < 4.78 is 3.76. The molecule has 0 saturated heterocycles. The van der Waals surface area contributed by atoms with Crippen molar-refractivity contribution >= 4 is 35.1 Å². The minimum absolute atomic E-state index is 0.127. The molecule has 0 aliphatic carbocycles. The van der Waals surface area contributed by atoms with Gasteiger partial charge in [-0.25, -0.2) is 4.68 Å². The Morgan fingerprint density at radius 2 is 1.76 bits per heavy atom. The zero-order valence-electron chi connectivity index (χ0n) is 18.6. The number of thioether (sulfide) groups is 1. The maximum absolute atomic E-state index is 12.9. The van der Waals surface area contributed by atoms with Crippen molar-refractivity contribution in [3.8, 4) is 5.69 Å². The summed E-state index contributed by atoms with van der Waals surface area (Å²) in [5.74, 6) is 1.33. The molecule has 1 atom stereocenters. The van der Waals surface area contributed by atoms with Gasteiger partial charge in [0.05, 0.1) is 11.4 Å². The first-order valence-corrected chi connectivity index (χ1v) is 11.9. The van der Waals surface area contributed by atoms with Crippen molar-refractivity contribution in [1.29, 1.82) is 0 Å². The number of nitrogens with zero attached hydrogens (tertiary/aromatic N) is 5. The van der Waals surface area contributed by atoms with Crippen molar-refractivity contribution in [1.82, 2.24) is 24.5 Å². The number of aromatic nitrogens is 5. The van der Waals surface area contributed by atoms with Crippen molar-refractivity contribution in [3.63, 3.8) is 0 Å². The summed E-state index contributed by atoms with van der Waals surface area (Å²) in [6, 6.07) is 19.6. The van der Waals surface area contributed by atoms with Crippen LogP contribution in [0.4, 0.5) is 5.82 Å². The van der Waals surface area contributed by atoms with Crippen molar-refractivity contribution in [2.75, 3.05) is 5.32 Å². The van der Waals surface area contributed by atoms with E-state index in [1.807, 2.05) is 67.8 Å². The highest BCUT2D eigenvalue weighted by atomic mass is 35.5. The van der Waals surface area contributed by atoms with Crippen LogP contribution in [0.5, 0.6) is 0 Å². The van der Waals surface area contributed by atoms with Crippen molar-refractivity contribution in [3.05, 3.63) is 83.3 Å². The Balaban J connectivity index is 1.59. The van der Waals surface area contributed by atoms with Crippen molar-refractivity contribution < 1.29 is 4.79 Å². The SMILES string of the molecule is CC(Sc1nnc(Cc2ccccc2)n1-c1ccc(Cl)cc1)C(=O)Nc1ccnn1C(C)C. The number of rotatable bonds is 8. The molecule has 170 valence electrons. The fourth-order valence-corrected chi connectivity index (χ4v) is 4.40. The second-order valence-electron chi connectivity index (χ2n) is 7.88. The number of benzene rings is 2. The van der Waals surface area contributed by atoms with Gasteiger partial charge >= 0.3 is 0 Å². The van der Waals surface area contributed by atoms with Gasteiger partial charge in [-0.1, -0.05) is 53.7 Å². The molecule has 1 unspecified atom stereocenters. The molecule has 0 fully saturated rings. The number of carbonyl (C=O) groups excluding carboxylic acids is 1. The van der Waals surface area contributed by atoms with E-state index in [2.05, 4.69) is 32.7 Å². The second-order valence-corrected chi connectivity index (χ2v) is 9.62. The first-order valence-electron chi connectivity index (χ1n) is 10.7. The van der Waals surface area contributed by atoms with E-state index in [-0.39, 0.29) is 11.9 Å². The number of anilines is 1. The van der Waals surface area contributed by atoms with Crippen LogP contribution in [0.1, 0.15) is 38.2 Å². The lowest BCUT2D eigenvalue weighted by atomic mass is 10.1. The molecule has 2 aromatic heterocycles. The molecule has 33 heavy (non-hydrogen) atoms. The molecule has 0 aliphatic heterocycles. The van der Waals surface area contributed by atoms with E-state index in [1.54, 1.807) is 16.9 Å². The van der Waals surface area contributed by atoms with Crippen LogP contribution in [0, 0.1) is 0 Å². The lowest BCUT2D eigenvalue weighted by Crippen LogP contribution is -2.25. The molecular weight excluding hydrogens is 456 g/mol. The molecule has 0 spiro atoms. The molecular formula is C24H25ClN6OS. The predicted octanol–water partition coefficient (Wildman–Crippen LogP) is 5.41. The molecule has 2 heterocycles. The molecule has 0 aliphatic rings. The molecule has 1 N–H and O–H groups in total. The van der Waals surface area contributed by atoms with Gasteiger partial charge in [-0.3, -0.25) is 9.36 Å². The Kier molecular flexibility index (Phi) is 7.15. The van der Waals surface area contributed by atoms with Crippen LogP contribution in [0.3, 0.4) is 0 Å². The van der Waals surface area contributed by atoms with Crippen LogP contribution in [-0.2, 0) is 11.2 Å². The zero-order chi connectivity index (χ0) is 23.4. The summed E-state index contributed by atoms with van der Waals surface area (Å²) in [6.45, 7) is 5.89. The summed E-state index contributed by atoms with van der Waals surface area (Å²) >= 11 is 7.46. The van der Waals surface area contributed by atoms with Gasteiger partial charge in [0.25, 0.3) is 0 Å². The topological polar surface area (TPSA) is 77.6 Å². The van der Waals surface area contributed by atoms with E-state index in [9.17, 15) is 4.79 Å². The smallest absolute Gasteiger partial charge is 0.238 e. The Morgan fingerprint density at radius 1 is 1.03 bits per heavy atom. The quantitative estimate of drug-likeness (QED) is 0.341. The minimum Gasteiger partial charge on any atom is -0.310 e. The average Bonchev–Trinajstić information content (AvgIpc) is 3.42. The van der Waals surface area contributed by atoms with Crippen molar-refractivity contribution in [2.45, 2.75) is 43.6 Å². The van der Waals surface area contributed by atoms with Crippen molar-refractivity contribution in [2.24, 2.45) is 0 Å². The maximum atomic E-state index is 12.9. The van der Waals surface area contributed by atoms with E-state index in [0.717, 1.165) is 17.1 Å². The molecule has 0 radical (unpaired) electrons. The third-order valence-electron chi connectivity index (χ3n) is 5.05. The third kappa shape index (κ3) is 5.46. The maximum Gasteiger partial charge on any atom is 0.238 e. The van der Waals surface area contributed by atoms with Crippen LogP contribution in [0.2, 0.25) is 5.02 Å². The Morgan fingerprint density at radius 3 is 2.45 bits per heavy atom. The summed E-state index contributed by atoms with van der Waals surface area (Å²) in [4.78, 5) is 12.9. The standard InChI is InChI=1S/C24H25ClN6OS/c1-16(2)31-21(13-14-26-31)27-23(32)17(3)33-24-29-28-22(15-18-7-5-4-6-8-18)30(24)20-11-9-19(25)10-12-20/h4-14,16-17H,15H2,1-3H3,(H,27,32).